The standard InChI is InChI=1S/C23H27N3O4S/c1-25(2)31(28,29)19-7-4-17(5-8-19)23(27)26-12-10-16(11-13-26)21-15-24-22-9-6-18(30-3)14-20(21)22/h4-9,14-16,24H,10-13H2,1-3H3. The van der Waals surface area contributed by atoms with Gasteiger partial charge in [-0.3, -0.25) is 4.79 Å². The van der Waals surface area contributed by atoms with Gasteiger partial charge in [0.2, 0.25) is 10.0 Å². The Morgan fingerprint density at radius 2 is 1.77 bits per heavy atom. The Morgan fingerprint density at radius 1 is 1.10 bits per heavy atom. The number of piperidine rings is 1. The van der Waals surface area contributed by atoms with E-state index < -0.39 is 10.0 Å². The van der Waals surface area contributed by atoms with Gasteiger partial charge in [0.05, 0.1) is 12.0 Å². The van der Waals surface area contributed by atoms with Crippen LogP contribution in [0, 0.1) is 0 Å². The van der Waals surface area contributed by atoms with Crippen LogP contribution in [0.2, 0.25) is 0 Å². The number of aromatic nitrogens is 1. The Morgan fingerprint density at radius 3 is 2.39 bits per heavy atom. The van der Waals surface area contributed by atoms with Gasteiger partial charge < -0.3 is 14.6 Å². The fourth-order valence-corrected chi connectivity index (χ4v) is 5.04. The topological polar surface area (TPSA) is 82.7 Å². The van der Waals surface area contributed by atoms with Gasteiger partial charge in [-0.15, -0.1) is 0 Å². The van der Waals surface area contributed by atoms with E-state index in [1.54, 1.807) is 19.2 Å². The number of methoxy groups -OCH3 is 1. The highest BCUT2D eigenvalue weighted by Crippen LogP contribution is 2.35. The molecule has 1 fully saturated rings. The molecule has 31 heavy (non-hydrogen) atoms. The van der Waals surface area contributed by atoms with E-state index in [0.29, 0.717) is 24.6 Å². The Kier molecular flexibility index (Phi) is 5.77. The van der Waals surface area contributed by atoms with Crippen LogP contribution in [0.25, 0.3) is 10.9 Å². The van der Waals surface area contributed by atoms with Gasteiger partial charge in [0.25, 0.3) is 5.91 Å². The number of carbonyl (C=O) groups is 1. The first-order chi connectivity index (χ1) is 14.8. The number of carbonyl (C=O) groups excluding carboxylic acids is 1. The lowest BCUT2D eigenvalue weighted by Gasteiger charge is -2.32. The molecular weight excluding hydrogens is 414 g/mol. The molecule has 1 saturated heterocycles. The Bertz CT molecular complexity index is 1190. The fourth-order valence-electron chi connectivity index (χ4n) is 4.14. The molecule has 2 aromatic carbocycles. The maximum absolute atomic E-state index is 12.9. The van der Waals surface area contributed by atoms with Crippen LogP contribution in [-0.4, -0.2) is 62.8 Å². The summed E-state index contributed by atoms with van der Waals surface area (Å²) in [6.07, 6.45) is 3.82. The summed E-state index contributed by atoms with van der Waals surface area (Å²) in [7, 11) is 1.14. The van der Waals surface area contributed by atoms with Crippen LogP contribution in [0.15, 0.2) is 53.6 Å². The molecule has 0 aliphatic carbocycles. The minimum absolute atomic E-state index is 0.0622. The highest BCUT2D eigenvalue weighted by atomic mass is 32.2. The number of rotatable bonds is 5. The van der Waals surface area contributed by atoms with Crippen LogP contribution in [0.4, 0.5) is 0 Å². The largest absolute Gasteiger partial charge is 0.497 e. The second-order valence-corrected chi connectivity index (χ2v) is 10.2. The van der Waals surface area contributed by atoms with Crippen molar-refractivity contribution in [3.05, 3.63) is 59.8 Å². The minimum Gasteiger partial charge on any atom is -0.497 e. The molecule has 0 unspecified atom stereocenters. The summed E-state index contributed by atoms with van der Waals surface area (Å²) in [5.41, 5.74) is 2.86. The van der Waals surface area contributed by atoms with E-state index in [1.807, 2.05) is 17.0 Å². The van der Waals surface area contributed by atoms with Crippen LogP contribution in [0.3, 0.4) is 0 Å². The van der Waals surface area contributed by atoms with E-state index in [9.17, 15) is 13.2 Å². The molecule has 7 nitrogen and oxygen atoms in total. The monoisotopic (exact) mass is 441 g/mol. The third-order valence-electron chi connectivity index (χ3n) is 6.02. The molecule has 0 saturated carbocycles. The molecule has 8 heteroatoms. The SMILES string of the molecule is COc1ccc2[nH]cc(C3CCN(C(=O)c4ccc(S(=O)(=O)N(C)C)cc4)CC3)c2c1. The lowest BCUT2D eigenvalue weighted by molar-refractivity contribution is 0.0713. The molecule has 164 valence electrons. The molecule has 0 radical (unpaired) electrons. The zero-order chi connectivity index (χ0) is 22.2. The van der Waals surface area contributed by atoms with Gasteiger partial charge in [-0.2, -0.15) is 0 Å². The number of hydrogen-bond acceptors (Lipinski definition) is 4. The normalized spacial score (nSPS) is 15.5. The number of benzene rings is 2. The number of sulfonamides is 1. The average molecular weight is 442 g/mol. The van der Waals surface area contributed by atoms with E-state index in [0.717, 1.165) is 28.4 Å². The van der Waals surface area contributed by atoms with E-state index in [-0.39, 0.29) is 10.8 Å². The molecule has 1 amide bonds. The Balaban J connectivity index is 1.45. The van der Waals surface area contributed by atoms with Crippen LogP contribution < -0.4 is 4.74 Å². The summed E-state index contributed by atoms with van der Waals surface area (Å²) in [5, 5.41) is 1.17. The Labute approximate surface area is 182 Å². The molecule has 1 aliphatic rings. The van der Waals surface area contributed by atoms with Crippen molar-refractivity contribution in [3.63, 3.8) is 0 Å². The zero-order valence-electron chi connectivity index (χ0n) is 18.0. The van der Waals surface area contributed by atoms with E-state index >= 15 is 0 Å². The number of amides is 1. The first kappa shape index (κ1) is 21.4. The van der Waals surface area contributed by atoms with Crippen molar-refractivity contribution in [1.82, 2.24) is 14.2 Å². The number of fused-ring (bicyclic) bond motifs is 1. The lowest BCUT2D eigenvalue weighted by atomic mass is 9.89. The minimum atomic E-state index is -3.50. The van der Waals surface area contributed by atoms with Crippen molar-refractivity contribution in [3.8, 4) is 5.75 Å². The van der Waals surface area contributed by atoms with Crippen molar-refractivity contribution < 1.29 is 17.9 Å². The zero-order valence-corrected chi connectivity index (χ0v) is 18.8. The second-order valence-electron chi connectivity index (χ2n) is 8.03. The lowest BCUT2D eigenvalue weighted by Crippen LogP contribution is -2.37. The molecule has 2 heterocycles. The number of likely N-dealkylation sites (tertiary alicyclic amines) is 1. The van der Waals surface area contributed by atoms with Crippen LogP contribution in [0.1, 0.15) is 34.7 Å². The maximum atomic E-state index is 12.9. The van der Waals surface area contributed by atoms with Gasteiger partial charge in [0.1, 0.15) is 5.75 Å². The van der Waals surface area contributed by atoms with E-state index in [4.69, 9.17) is 4.74 Å². The molecule has 0 bridgehead atoms. The van der Waals surface area contributed by atoms with Crippen molar-refractivity contribution in [2.45, 2.75) is 23.7 Å². The molecular formula is C23H27N3O4S. The number of H-pyrrole nitrogens is 1. The summed E-state index contributed by atoms with van der Waals surface area (Å²) in [5.74, 6) is 1.14. The van der Waals surface area contributed by atoms with Gasteiger partial charge in [0, 0.05) is 49.8 Å². The second kappa shape index (κ2) is 8.36. The van der Waals surface area contributed by atoms with E-state index in [1.165, 1.54) is 37.2 Å². The van der Waals surface area contributed by atoms with Gasteiger partial charge >= 0.3 is 0 Å². The summed E-state index contributed by atoms with van der Waals surface area (Å²) in [4.78, 5) is 18.3. The molecule has 0 atom stereocenters. The molecule has 1 aromatic heterocycles. The highest BCUT2D eigenvalue weighted by molar-refractivity contribution is 7.89. The number of hydrogen-bond donors (Lipinski definition) is 1. The first-order valence-corrected chi connectivity index (χ1v) is 11.7. The summed E-state index contributed by atoms with van der Waals surface area (Å²) in [6, 6.07) is 12.2. The van der Waals surface area contributed by atoms with E-state index in [2.05, 4.69) is 17.2 Å². The van der Waals surface area contributed by atoms with Crippen LogP contribution in [0.5, 0.6) is 5.75 Å². The van der Waals surface area contributed by atoms with Gasteiger partial charge in [-0.25, -0.2) is 12.7 Å². The summed E-state index contributed by atoms with van der Waals surface area (Å²) in [6.45, 7) is 1.33. The third-order valence-corrected chi connectivity index (χ3v) is 7.85. The number of nitrogens with one attached hydrogen (secondary N) is 1. The summed E-state index contributed by atoms with van der Waals surface area (Å²) < 4.78 is 31.0. The van der Waals surface area contributed by atoms with Gasteiger partial charge in [0.15, 0.2) is 0 Å². The highest BCUT2D eigenvalue weighted by Gasteiger charge is 2.26. The predicted molar refractivity (Wildman–Crippen MR) is 120 cm³/mol. The maximum Gasteiger partial charge on any atom is 0.253 e. The van der Waals surface area contributed by atoms with Crippen molar-refractivity contribution in [1.29, 1.82) is 0 Å². The van der Waals surface area contributed by atoms with Crippen molar-refractivity contribution in [2.24, 2.45) is 0 Å². The third kappa shape index (κ3) is 4.05. The number of aromatic amines is 1. The summed E-state index contributed by atoms with van der Waals surface area (Å²) >= 11 is 0. The molecule has 1 aliphatic heterocycles. The van der Waals surface area contributed by atoms with Crippen LogP contribution >= 0.6 is 0 Å². The quantitative estimate of drug-likeness (QED) is 0.657. The average Bonchev–Trinajstić information content (AvgIpc) is 3.21. The molecule has 0 spiro atoms. The smallest absolute Gasteiger partial charge is 0.253 e. The first-order valence-electron chi connectivity index (χ1n) is 10.3. The van der Waals surface area contributed by atoms with Crippen molar-refractivity contribution in [2.75, 3.05) is 34.3 Å². The van der Waals surface area contributed by atoms with Crippen LogP contribution in [-0.2, 0) is 10.0 Å². The number of nitrogens with zero attached hydrogens (tertiary/aromatic N) is 2. The number of ether oxygens (including phenoxy) is 1. The molecule has 3 aromatic rings. The molecule has 4 rings (SSSR count). The predicted octanol–water partition coefficient (Wildman–Crippen LogP) is 3.45. The Hall–Kier alpha value is -2.84. The van der Waals surface area contributed by atoms with Crippen molar-refractivity contribution >= 4 is 26.8 Å². The molecule has 1 N–H and O–H groups in total. The van der Waals surface area contributed by atoms with Gasteiger partial charge in [-0.1, -0.05) is 0 Å². The fraction of sp³-hybridized carbons (Fsp3) is 0.348. The van der Waals surface area contributed by atoms with Gasteiger partial charge in [-0.05, 0) is 66.8 Å².